The number of rotatable bonds is 5. The molecule has 0 aliphatic carbocycles. The number of H-pyrrole nitrogens is 1. The molecule has 0 atom stereocenters. The maximum atomic E-state index is 12.2. The molecular formula is C12H13N3O5S. The third-order valence-electron chi connectivity index (χ3n) is 2.70. The number of carboxylic acid groups (broad SMARTS) is 1. The molecule has 0 aliphatic rings. The predicted octanol–water partition coefficient (Wildman–Crippen LogP) is 1.23. The number of nitrogens with zero attached hydrogens (tertiary/aromatic N) is 1. The second-order valence-electron chi connectivity index (χ2n) is 4.23. The van der Waals surface area contributed by atoms with Crippen molar-refractivity contribution in [2.75, 3.05) is 11.8 Å². The minimum absolute atomic E-state index is 0.203. The highest BCUT2D eigenvalue weighted by atomic mass is 32.2. The van der Waals surface area contributed by atoms with E-state index in [9.17, 15) is 13.2 Å². The molecule has 0 aliphatic heterocycles. The number of hydrogen-bond acceptors (Lipinski definition) is 5. The maximum Gasteiger partial charge on any atom is 0.340 e. The van der Waals surface area contributed by atoms with Gasteiger partial charge in [0.2, 0.25) is 0 Å². The molecule has 0 saturated carbocycles. The van der Waals surface area contributed by atoms with E-state index in [-0.39, 0.29) is 5.69 Å². The molecule has 1 heterocycles. The van der Waals surface area contributed by atoms with Gasteiger partial charge in [0.25, 0.3) is 10.0 Å². The highest BCUT2D eigenvalue weighted by molar-refractivity contribution is 7.92. The molecular weight excluding hydrogens is 298 g/mol. The molecule has 0 amide bonds. The van der Waals surface area contributed by atoms with Gasteiger partial charge in [-0.3, -0.25) is 9.82 Å². The Morgan fingerprint density at radius 2 is 2.14 bits per heavy atom. The minimum Gasteiger partial charge on any atom is -0.495 e. The average Bonchev–Trinajstić information content (AvgIpc) is 2.91. The van der Waals surface area contributed by atoms with Crippen LogP contribution in [-0.2, 0) is 10.0 Å². The van der Waals surface area contributed by atoms with Crippen molar-refractivity contribution in [3.63, 3.8) is 0 Å². The number of carboxylic acids is 1. The molecule has 9 heteroatoms. The predicted molar refractivity (Wildman–Crippen MR) is 74.1 cm³/mol. The second kappa shape index (κ2) is 5.44. The maximum absolute atomic E-state index is 12.2. The van der Waals surface area contributed by atoms with Gasteiger partial charge in [0, 0.05) is 0 Å². The number of carbonyl (C=O) groups is 1. The smallest absolute Gasteiger partial charge is 0.340 e. The number of aromatic amines is 1. The lowest BCUT2D eigenvalue weighted by molar-refractivity contribution is 0.0692. The van der Waals surface area contributed by atoms with E-state index >= 15 is 0 Å². The Balaban J connectivity index is 2.42. The number of nitrogens with one attached hydrogen (secondary N) is 2. The van der Waals surface area contributed by atoms with E-state index in [4.69, 9.17) is 9.84 Å². The molecule has 1 aromatic heterocycles. The average molecular weight is 311 g/mol. The number of methoxy groups -OCH3 is 1. The van der Waals surface area contributed by atoms with E-state index in [0.29, 0.717) is 5.75 Å². The minimum atomic E-state index is -4.12. The van der Waals surface area contributed by atoms with Gasteiger partial charge >= 0.3 is 5.97 Å². The first kappa shape index (κ1) is 14.9. The fourth-order valence-electron chi connectivity index (χ4n) is 1.71. The van der Waals surface area contributed by atoms with Crippen molar-refractivity contribution in [1.29, 1.82) is 0 Å². The summed E-state index contributed by atoms with van der Waals surface area (Å²) >= 11 is 0. The van der Waals surface area contributed by atoms with Crippen LogP contribution in [0.1, 0.15) is 15.9 Å². The van der Waals surface area contributed by atoms with E-state index in [2.05, 4.69) is 14.9 Å². The summed E-state index contributed by atoms with van der Waals surface area (Å²) in [6.45, 7) is 1.83. The van der Waals surface area contributed by atoms with Gasteiger partial charge in [0.1, 0.15) is 11.3 Å². The first-order chi connectivity index (χ1) is 9.85. The lowest BCUT2D eigenvalue weighted by atomic mass is 10.2. The summed E-state index contributed by atoms with van der Waals surface area (Å²) in [5.41, 5.74) is 0.658. The molecule has 112 valence electrons. The van der Waals surface area contributed by atoms with Crippen molar-refractivity contribution in [3.05, 3.63) is 35.5 Å². The molecule has 1 aromatic carbocycles. The Morgan fingerprint density at radius 1 is 1.43 bits per heavy atom. The molecule has 2 rings (SSSR count). The van der Waals surface area contributed by atoms with Crippen molar-refractivity contribution < 1.29 is 23.1 Å². The highest BCUT2D eigenvalue weighted by Crippen LogP contribution is 2.28. The third kappa shape index (κ3) is 2.97. The van der Waals surface area contributed by atoms with E-state index in [1.165, 1.54) is 13.2 Å². The van der Waals surface area contributed by atoms with Crippen molar-refractivity contribution >= 4 is 21.7 Å². The van der Waals surface area contributed by atoms with Crippen LogP contribution in [0, 0.1) is 6.92 Å². The van der Waals surface area contributed by atoms with Gasteiger partial charge < -0.3 is 9.84 Å². The summed E-state index contributed by atoms with van der Waals surface area (Å²) in [7, 11) is -2.71. The summed E-state index contributed by atoms with van der Waals surface area (Å²) in [6.07, 6.45) is 0.934. The largest absolute Gasteiger partial charge is 0.495 e. The number of anilines is 1. The summed E-state index contributed by atoms with van der Waals surface area (Å²) in [6, 6.07) is 4.89. The fraction of sp³-hybridized carbons (Fsp3) is 0.167. The lowest BCUT2D eigenvalue weighted by Crippen LogP contribution is -2.17. The van der Waals surface area contributed by atoms with Crippen LogP contribution >= 0.6 is 0 Å². The van der Waals surface area contributed by atoms with Crippen LogP contribution in [0.25, 0.3) is 0 Å². The molecule has 21 heavy (non-hydrogen) atoms. The monoisotopic (exact) mass is 311 g/mol. The molecule has 2 aromatic rings. The quantitative estimate of drug-likeness (QED) is 0.763. The van der Waals surface area contributed by atoms with Crippen molar-refractivity contribution in [3.8, 4) is 5.75 Å². The van der Waals surface area contributed by atoms with Crippen LogP contribution < -0.4 is 9.46 Å². The first-order valence-corrected chi connectivity index (χ1v) is 7.27. The standard InChI is InChI=1S/C12H13N3O5S/c1-7-3-4-9(10(5-7)20-2)15-21(18,19)11-8(12(16)17)6-13-14-11/h3-6,15H,1-2H3,(H,13,14)(H,16,17). The molecule has 8 nitrogen and oxygen atoms in total. The van der Waals surface area contributed by atoms with E-state index in [1.807, 2.05) is 6.92 Å². The highest BCUT2D eigenvalue weighted by Gasteiger charge is 2.25. The van der Waals surface area contributed by atoms with Gasteiger partial charge in [-0.1, -0.05) is 6.07 Å². The molecule has 0 fully saturated rings. The second-order valence-corrected chi connectivity index (χ2v) is 5.85. The lowest BCUT2D eigenvalue weighted by Gasteiger charge is -2.11. The Bertz CT molecular complexity index is 782. The van der Waals surface area contributed by atoms with Gasteiger partial charge in [-0.05, 0) is 24.6 Å². The first-order valence-electron chi connectivity index (χ1n) is 5.79. The Labute approximate surface area is 120 Å². The summed E-state index contributed by atoms with van der Waals surface area (Å²) in [4.78, 5) is 11.0. The van der Waals surface area contributed by atoms with Crippen LogP contribution in [0.4, 0.5) is 5.69 Å². The molecule has 0 unspecified atom stereocenters. The molecule has 0 saturated heterocycles. The number of aromatic nitrogens is 2. The van der Waals surface area contributed by atoms with Crippen LogP contribution in [-0.4, -0.2) is 36.8 Å². The Kier molecular flexibility index (Phi) is 3.85. The molecule has 3 N–H and O–H groups in total. The fourth-order valence-corrected chi connectivity index (χ4v) is 2.87. The van der Waals surface area contributed by atoms with E-state index < -0.39 is 26.6 Å². The van der Waals surface area contributed by atoms with Gasteiger partial charge in [0.15, 0.2) is 5.03 Å². The number of aromatic carboxylic acids is 1. The summed E-state index contributed by atoms with van der Waals surface area (Å²) < 4.78 is 31.9. The number of sulfonamides is 1. The van der Waals surface area contributed by atoms with Gasteiger partial charge in [-0.25, -0.2) is 4.79 Å². The Hall–Kier alpha value is -2.55. The van der Waals surface area contributed by atoms with Crippen LogP contribution in [0.5, 0.6) is 5.75 Å². The number of benzene rings is 1. The van der Waals surface area contributed by atoms with Gasteiger partial charge in [-0.15, -0.1) is 0 Å². The topological polar surface area (TPSA) is 121 Å². The van der Waals surface area contributed by atoms with Crippen LogP contribution in [0.15, 0.2) is 29.4 Å². The van der Waals surface area contributed by atoms with Crippen molar-refractivity contribution in [1.82, 2.24) is 10.2 Å². The van der Waals surface area contributed by atoms with Gasteiger partial charge in [0.05, 0.1) is 19.0 Å². The molecule has 0 spiro atoms. The molecule has 0 radical (unpaired) electrons. The van der Waals surface area contributed by atoms with Crippen LogP contribution in [0.3, 0.4) is 0 Å². The van der Waals surface area contributed by atoms with Gasteiger partial charge in [-0.2, -0.15) is 13.5 Å². The van der Waals surface area contributed by atoms with E-state index in [0.717, 1.165) is 11.8 Å². The SMILES string of the molecule is COc1cc(C)ccc1NS(=O)(=O)c1[nH]ncc1C(=O)O. The van der Waals surface area contributed by atoms with E-state index in [1.54, 1.807) is 12.1 Å². The number of hydrogen-bond donors (Lipinski definition) is 3. The number of aryl methyl sites for hydroxylation is 1. The Morgan fingerprint density at radius 3 is 2.76 bits per heavy atom. The zero-order valence-corrected chi connectivity index (χ0v) is 12.1. The van der Waals surface area contributed by atoms with Crippen molar-refractivity contribution in [2.45, 2.75) is 11.9 Å². The summed E-state index contributed by atoms with van der Waals surface area (Å²) in [5.74, 6) is -1.06. The third-order valence-corrected chi connectivity index (χ3v) is 4.04. The van der Waals surface area contributed by atoms with Crippen molar-refractivity contribution in [2.24, 2.45) is 0 Å². The van der Waals surface area contributed by atoms with Crippen LogP contribution in [0.2, 0.25) is 0 Å². The zero-order valence-electron chi connectivity index (χ0n) is 11.2. The normalized spacial score (nSPS) is 11.1. The summed E-state index contributed by atoms with van der Waals surface area (Å²) in [5, 5.41) is 14.1. The molecule has 0 bridgehead atoms. The zero-order chi connectivity index (χ0) is 15.6. The number of ether oxygens (including phenoxy) is 1.